The van der Waals surface area contributed by atoms with Gasteiger partial charge in [-0.2, -0.15) is 5.10 Å². The lowest BCUT2D eigenvalue weighted by Crippen LogP contribution is -2.01. The highest BCUT2D eigenvalue weighted by Gasteiger charge is 2.06. The minimum Gasteiger partial charge on any atom is -0.260 e. The molecule has 2 heteroatoms. The van der Waals surface area contributed by atoms with Gasteiger partial charge in [0.2, 0.25) is 0 Å². The standard InChI is InChI=1S/C16H16N2/c1-12-6-5-7-14(10-12)11-18-16-9-4-3-8-15(16)13(2)17-18/h3-10H,11H2,1-2H3. The zero-order valence-corrected chi connectivity index (χ0v) is 10.7. The molecule has 0 aliphatic heterocycles. The van der Waals surface area contributed by atoms with Gasteiger partial charge in [0.05, 0.1) is 17.8 Å². The monoisotopic (exact) mass is 236 g/mol. The van der Waals surface area contributed by atoms with E-state index >= 15 is 0 Å². The van der Waals surface area contributed by atoms with Crippen LogP contribution in [-0.2, 0) is 6.54 Å². The van der Waals surface area contributed by atoms with Gasteiger partial charge in [-0.15, -0.1) is 0 Å². The van der Waals surface area contributed by atoms with Crippen LogP contribution in [0.4, 0.5) is 0 Å². The second-order valence-electron chi connectivity index (χ2n) is 4.75. The van der Waals surface area contributed by atoms with E-state index in [9.17, 15) is 0 Å². The van der Waals surface area contributed by atoms with Crippen molar-refractivity contribution in [2.45, 2.75) is 20.4 Å². The first-order chi connectivity index (χ1) is 8.74. The summed E-state index contributed by atoms with van der Waals surface area (Å²) in [6.07, 6.45) is 0. The first-order valence-electron chi connectivity index (χ1n) is 6.22. The van der Waals surface area contributed by atoms with Crippen LogP contribution < -0.4 is 0 Å². The lowest BCUT2D eigenvalue weighted by Gasteiger charge is -2.04. The topological polar surface area (TPSA) is 17.8 Å². The number of fused-ring (bicyclic) bond motifs is 1. The summed E-state index contributed by atoms with van der Waals surface area (Å²) in [5.41, 5.74) is 4.89. The number of hydrogen-bond donors (Lipinski definition) is 0. The molecule has 0 aliphatic rings. The second-order valence-corrected chi connectivity index (χ2v) is 4.75. The number of nitrogens with zero attached hydrogens (tertiary/aromatic N) is 2. The number of hydrogen-bond acceptors (Lipinski definition) is 1. The molecule has 0 amide bonds. The van der Waals surface area contributed by atoms with Crippen molar-refractivity contribution < 1.29 is 0 Å². The molecule has 0 saturated carbocycles. The van der Waals surface area contributed by atoms with Crippen LogP contribution >= 0.6 is 0 Å². The quantitative estimate of drug-likeness (QED) is 0.663. The maximum atomic E-state index is 4.63. The van der Waals surface area contributed by atoms with E-state index in [-0.39, 0.29) is 0 Å². The molecule has 3 rings (SSSR count). The van der Waals surface area contributed by atoms with Crippen LogP contribution in [0.5, 0.6) is 0 Å². The first kappa shape index (κ1) is 11.0. The van der Waals surface area contributed by atoms with Gasteiger partial charge >= 0.3 is 0 Å². The van der Waals surface area contributed by atoms with Crippen molar-refractivity contribution in [1.82, 2.24) is 9.78 Å². The Morgan fingerprint density at radius 3 is 2.67 bits per heavy atom. The fourth-order valence-electron chi connectivity index (χ4n) is 2.40. The number of rotatable bonds is 2. The molecule has 90 valence electrons. The number of benzene rings is 2. The Labute approximate surface area is 107 Å². The van der Waals surface area contributed by atoms with Crippen LogP contribution in [0.2, 0.25) is 0 Å². The van der Waals surface area contributed by atoms with E-state index in [0.29, 0.717) is 0 Å². The maximum absolute atomic E-state index is 4.63. The van der Waals surface area contributed by atoms with Crippen molar-refractivity contribution in [2.24, 2.45) is 0 Å². The Balaban J connectivity index is 2.05. The van der Waals surface area contributed by atoms with E-state index in [0.717, 1.165) is 12.2 Å². The zero-order chi connectivity index (χ0) is 12.5. The third-order valence-electron chi connectivity index (χ3n) is 3.26. The predicted molar refractivity (Wildman–Crippen MR) is 74.8 cm³/mol. The molecule has 0 fully saturated rings. The fourth-order valence-corrected chi connectivity index (χ4v) is 2.40. The third kappa shape index (κ3) is 1.90. The lowest BCUT2D eigenvalue weighted by atomic mass is 10.1. The van der Waals surface area contributed by atoms with E-state index in [1.165, 1.54) is 22.0 Å². The Morgan fingerprint density at radius 1 is 1.00 bits per heavy atom. The molecule has 0 radical (unpaired) electrons. The van der Waals surface area contributed by atoms with Crippen LogP contribution in [0, 0.1) is 13.8 Å². The van der Waals surface area contributed by atoms with Crippen molar-refractivity contribution in [2.75, 3.05) is 0 Å². The molecule has 0 bridgehead atoms. The Bertz CT molecular complexity index is 695. The SMILES string of the molecule is Cc1cccc(Cn2nc(C)c3ccccc32)c1. The minimum atomic E-state index is 0.829. The molecule has 1 aromatic heterocycles. The molecule has 2 aromatic carbocycles. The third-order valence-corrected chi connectivity index (χ3v) is 3.26. The molecule has 3 aromatic rings. The summed E-state index contributed by atoms with van der Waals surface area (Å²) in [5.74, 6) is 0. The summed E-state index contributed by atoms with van der Waals surface area (Å²) in [4.78, 5) is 0. The van der Waals surface area contributed by atoms with Crippen molar-refractivity contribution in [3.63, 3.8) is 0 Å². The summed E-state index contributed by atoms with van der Waals surface area (Å²) in [7, 11) is 0. The molecule has 0 atom stereocenters. The fraction of sp³-hybridized carbons (Fsp3) is 0.188. The minimum absolute atomic E-state index is 0.829. The highest BCUT2D eigenvalue weighted by Crippen LogP contribution is 2.18. The average Bonchev–Trinajstić information content (AvgIpc) is 2.67. The Kier molecular flexibility index (Phi) is 2.63. The van der Waals surface area contributed by atoms with Crippen molar-refractivity contribution in [3.8, 4) is 0 Å². The smallest absolute Gasteiger partial charge is 0.0689 e. The molecule has 0 N–H and O–H groups in total. The number of para-hydroxylation sites is 1. The maximum Gasteiger partial charge on any atom is 0.0689 e. The van der Waals surface area contributed by atoms with Crippen LogP contribution in [-0.4, -0.2) is 9.78 Å². The molecule has 18 heavy (non-hydrogen) atoms. The van der Waals surface area contributed by atoms with Crippen LogP contribution in [0.15, 0.2) is 48.5 Å². The summed E-state index contributed by atoms with van der Waals surface area (Å²) >= 11 is 0. The van der Waals surface area contributed by atoms with E-state index in [4.69, 9.17) is 0 Å². The molecular formula is C16H16N2. The molecule has 0 aliphatic carbocycles. The van der Waals surface area contributed by atoms with Gasteiger partial charge in [-0.25, -0.2) is 0 Å². The van der Waals surface area contributed by atoms with Crippen LogP contribution in [0.25, 0.3) is 10.9 Å². The summed E-state index contributed by atoms with van der Waals surface area (Å²) < 4.78 is 2.08. The molecule has 0 unspecified atom stereocenters. The summed E-state index contributed by atoms with van der Waals surface area (Å²) in [5, 5.41) is 5.87. The van der Waals surface area contributed by atoms with E-state index < -0.39 is 0 Å². The molecular weight excluding hydrogens is 220 g/mol. The normalized spacial score (nSPS) is 11.0. The average molecular weight is 236 g/mol. The van der Waals surface area contributed by atoms with Gasteiger partial charge in [0.25, 0.3) is 0 Å². The molecule has 0 saturated heterocycles. The van der Waals surface area contributed by atoms with Crippen LogP contribution in [0.1, 0.15) is 16.8 Å². The Hall–Kier alpha value is -2.09. The molecule has 2 nitrogen and oxygen atoms in total. The van der Waals surface area contributed by atoms with E-state index in [1.54, 1.807) is 0 Å². The predicted octanol–water partition coefficient (Wildman–Crippen LogP) is 3.70. The van der Waals surface area contributed by atoms with Crippen molar-refractivity contribution >= 4 is 10.9 Å². The largest absolute Gasteiger partial charge is 0.260 e. The first-order valence-corrected chi connectivity index (χ1v) is 6.22. The number of aromatic nitrogens is 2. The summed E-state index contributed by atoms with van der Waals surface area (Å²) in [6.45, 7) is 5.01. The lowest BCUT2D eigenvalue weighted by molar-refractivity contribution is 0.703. The van der Waals surface area contributed by atoms with E-state index in [1.807, 2.05) is 0 Å². The van der Waals surface area contributed by atoms with Crippen molar-refractivity contribution in [1.29, 1.82) is 0 Å². The van der Waals surface area contributed by atoms with Gasteiger partial charge in [0, 0.05) is 5.39 Å². The zero-order valence-electron chi connectivity index (χ0n) is 10.7. The van der Waals surface area contributed by atoms with Gasteiger partial charge in [-0.1, -0.05) is 48.0 Å². The molecule has 1 heterocycles. The van der Waals surface area contributed by atoms with Gasteiger partial charge in [-0.05, 0) is 25.5 Å². The van der Waals surface area contributed by atoms with Gasteiger partial charge < -0.3 is 0 Å². The van der Waals surface area contributed by atoms with E-state index in [2.05, 4.69) is 72.2 Å². The van der Waals surface area contributed by atoms with Crippen molar-refractivity contribution in [3.05, 3.63) is 65.4 Å². The summed E-state index contributed by atoms with van der Waals surface area (Å²) in [6, 6.07) is 17.0. The Morgan fingerprint density at radius 2 is 1.83 bits per heavy atom. The highest BCUT2D eigenvalue weighted by molar-refractivity contribution is 5.81. The van der Waals surface area contributed by atoms with Crippen LogP contribution in [0.3, 0.4) is 0 Å². The van der Waals surface area contributed by atoms with Gasteiger partial charge in [0.15, 0.2) is 0 Å². The van der Waals surface area contributed by atoms with Gasteiger partial charge in [-0.3, -0.25) is 4.68 Å². The van der Waals surface area contributed by atoms with Gasteiger partial charge in [0.1, 0.15) is 0 Å². The second kappa shape index (κ2) is 4.30. The highest BCUT2D eigenvalue weighted by atomic mass is 15.3. The molecule has 0 spiro atoms. The number of aryl methyl sites for hydroxylation is 2.